The van der Waals surface area contributed by atoms with Gasteiger partial charge in [-0.3, -0.25) is 9.69 Å². The number of carbonyl (C=O) groups excluding carboxylic acids is 1. The van der Waals surface area contributed by atoms with Crippen LogP contribution in [0.1, 0.15) is 36.1 Å². The van der Waals surface area contributed by atoms with Crippen LogP contribution in [-0.2, 0) is 16.1 Å². The van der Waals surface area contributed by atoms with Crippen molar-refractivity contribution in [2.24, 2.45) is 0 Å². The Morgan fingerprint density at radius 3 is 2.65 bits per heavy atom. The summed E-state index contributed by atoms with van der Waals surface area (Å²) in [6.07, 6.45) is 2.93. The van der Waals surface area contributed by atoms with Crippen LogP contribution in [0.4, 0.5) is 5.82 Å². The highest BCUT2D eigenvalue weighted by atomic mass is 16.5. The summed E-state index contributed by atoms with van der Waals surface area (Å²) < 4.78 is 7.36. The molecule has 1 fully saturated rings. The standard InChI is InChI=1S/C24H28N4O3/c1-31-23(19-7-3-2-4-8-19)24(30)26-22-10-13-25-28(22)20-11-14-27(15-12-20)17-18-6-5-9-21(29)16-18/h2-10,13,16,20,23,29H,11-12,14-15,17H2,1H3,(H,26,30)/t23-/m1/s1. The minimum atomic E-state index is -0.673. The van der Waals surface area contributed by atoms with Crippen LogP contribution >= 0.6 is 0 Å². The molecule has 0 saturated carbocycles. The molecule has 31 heavy (non-hydrogen) atoms. The predicted octanol–water partition coefficient (Wildman–Crippen LogP) is 3.75. The third-order valence-electron chi connectivity index (χ3n) is 5.72. The predicted molar refractivity (Wildman–Crippen MR) is 119 cm³/mol. The van der Waals surface area contributed by atoms with Crippen molar-refractivity contribution in [3.63, 3.8) is 0 Å². The Morgan fingerprint density at radius 1 is 1.16 bits per heavy atom. The molecule has 162 valence electrons. The van der Waals surface area contributed by atoms with Crippen LogP contribution in [0.3, 0.4) is 0 Å². The molecule has 1 saturated heterocycles. The fourth-order valence-electron chi connectivity index (χ4n) is 4.15. The van der Waals surface area contributed by atoms with Crippen molar-refractivity contribution >= 4 is 11.7 Å². The van der Waals surface area contributed by atoms with E-state index in [4.69, 9.17) is 4.74 Å². The van der Waals surface area contributed by atoms with Crippen molar-refractivity contribution in [2.75, 3.05) is 25.5 Å². The second kappa shape index (κ2) is 9.76. The van der Waals surface area contributed by atoms with Gasteiger partial charge in [-0.25, -0.2) is 4.68 Å². The summed E-state index contributed by atoms with van der Waals surface area (Å²) in [5.41, 5.74) is 1.92. The number of aromatic nitrogens is 2. The number of anilines is 1. The van der Waals surface area contributed by atoms with Crippen molar-refractivity contribution in [1.29, 1.82) is 0 Å². The number of rotatable bonds is 7. The summed E-state index contributed by atoms with van der Waals surface area (Å²) in [4.78, 5) is 15.2. The van der Waals surface area contributed by atoms with Crippen LogP contribution in [0.15, 0.2) is 66.9 Å². The molecular weight excluding hydrogens is 392 g/mol. The first-order valence-corrected chi connectivity index (χ1v) is 10.6. The van der Waals surface area contributed by atoms with Gasteiger partial charge in [0.05, 0.1) is 12.2 Å². The first-order chi connectivity index (χ1) is 15.1. The summed E-state index contributed by atoms with van der Waals surface area (Å²) in [7, 11) is 1.54. The third-order valence-corrected chi connectivity index (χ3v) is 5.72. The van der Waals surface area contributed by atoms with Gasteiger partial charge in [-0.05, 0) is 36.1 Å². The number of aromatic hydroxyl groups is 1. The number of benzene rings is 2. The Balaban J connectivity index is 1.37. The number of hydrogen-bond acceptors (Lipinski definition) is 5. The monoisotopic (exact) mass is 420 g/mol. The van der Waals surface area contributed by atoms with Gasteiger partial charge in [-0.2, -0.15) is 5.10 Å². The van der Waals surface area contributed by atoms with Crippen molar-refractivity contribution < 1.29 is 14.6 Å². The molecule has 2 heterocycles. The van der Waals surface area contributed by atoms with Gasteiger partial charge in [0.2, 0.25) is 0 Å². The summed E-state index contributed by atoms with van der Waals surface area (Å²) in [5, 5.41) is 17.1. The topological polar surface area (TPSA) is 79.6 Å². The highest BCUT2D eigenvalue weighted by Crippen LogP contribution is 2.27. The highest BCUT2D eigenvalue weighted by Gasteiger charge is 2.25. The van der Waals surface area contributed by atoms with E-state index in [0.29, 0.717) is 11.6 Å². The van der Waals surface area contributed by atoms with Crippen LogP contribution in [0.25, 0.3) is 0 Å². The molecule has 1 amide bonds. The van der Waals surface area contributed by atoms with Crippen molar-refractivity contribution in [3.8, 4) is 5.75 Å². The molecule has 0 unspecified atom stereocenters. The Morgan fingerprint density at radius 2 is 1.94 bits per heavy atom. The van der Waals surface area contributed by atoms with Crippen molar-refractivity contribution in [3.05, 3.63) is 78.0 Å². The number of phenolic OH excluding ortho intramolecular Hbond substituents is 1. The zero-order chi connectivity index (χ0) is 21.6. The fraction of sp³-hybridized carbons (Fsp3) is 0.333. The van der Waals surface area contributed by atoms with E-state index < -0.39 is 6.10 Å². The molecule has 1 aliphatic rings. The maximum atomic E-state index is 12.9. The number of phenols is 1. The van der Waals surface area contributed by atoms with Crippen molar-refractivity contribution in [1.82, 2.24) is 14.7 Å². The number of ether oxygens (including phenoxy) is 1. The van der Waals surface area contributed by atoms with Crippen LogP contribution in [0.5, 0.6) is 5.75 Å². The molecule has 0 radical (unpaired) electrons. The van der Waals surface area contributed by atoms with E-state index in [1.807, 2.05) is 59.3 Å². The van der Waals surface area contributed by atoms with E-state index in [2.05, 4.69) is 15.3 Å². The van der Waals surface area contributed by atoms with Gasteiger partial charge >= 0.3 is 0 Å². The number of hydrogen-bond donors (Lipinski definition) is 2. The largest absolute Gasteiger partial charge is 0.508 e. The molecule has 0 bridgehead atoms. The molecule has 1 aromatic heterocycles. The molecule has 4 rings (SSSR count). The molecule has 7 heteroatoms. The lowest BCUT2D eigenvalue weighted by Crippen LogP contribution is -2.35. The maximum absolute atomic E-state index is 12.9. The Labute approximate surface area is 182 Å². The van der Waals surface area contributed by atoms with Gasteiger partial charge in [-0.1, -0.05) is 42.5 Å². The molecule has 0 aliphatic carbocycles. The van der Waals surface area contributed by atoms with E-state index in [9.17, 15) is 9.90 Å². The van der Waals surface area contributed by atoms with Crippen molar-refractivity contribution in [2.45, 2.75) is 31.5 Å². The van der Waals surface area contributed by atoms with Gasteiger partial charge in [0.15, 0.2) is 6.10 Å². The van der Waals surface area contributed by atoms with Crippen LogP contribution in [0.2, 0.25) is 0 Å². The summed E-state index contributed by atoms with van der Waals surface area (Å²) in [5.74, 6) is 0.778. The minimum Gasteiger partial charge on any atom is -0.508 e. The fourth-order valence-corrected chi connectivity index (χ4v) is 4.15. The molecule has 2 aromatic carbocycles. The molecular formula is C24H28N4O3. The highest BCUT2D eigenvalue weighted by molar-refractivity contribution is 5.94. The average molecular weight is 421 g/mol. The van der Waals surface area contributed by atoms with Crippen LogP contribution in [0, 0.1) is 0 Å². The number of likely N-dealkylation sites (tertiary alicyclic amines) is 1. The second-order valence-electron chi connectivity index (χ2n) is 7.85. The number of amides is 1. The molecule has 7 nitrogen and oxygen atoms in total. The third kappa shape index (κ3) is 5.13. The Hall–Kier alpha value is -3.16. The number of nitrogens with zero attached hydrogens (tertiary/aromatic N) is 3. The van der Waals surface area contributed by atoms with Crippen LogP contribution in [-0.4, -0.2) is 45.9 Å². The molecule has 1 aliphatic heterocycles. The van der Waals surface area contributed by atoms with E-state index in [1.54, 1.807) is 12.3 Å². The lowest BCUT2D eigenvalue weighted by molar-refractivity contribution is -0.126. The average Bonchev–Trinajstić information content (AvgIpc) is 3.23. The summed E-state index contributed by atoms with van der Waals surface area (Å²) >= 11 is 0. The zero-order valence-corrected chi connectivity index (χ0v) is 17.6. The van der Waals surface area contributed by atoms with Gasteiger partial charge in [0.1, 0.15) is 11.6 Å². The Kier molecular flexibility index (Phi) is 6.64. The first-order valence-electron chi connectivity index (χ1n) is 10.6. The number of methoxy groups -OCH3 is 1. The van der Waals surface area contributed by atoms with Gasteiger partial charge < -0.3 is 15.2 Å². The molecule has 0 spiro atoms. The summed E-state index contributed by atoms with van der Waals surface area (Å²) in [6, 6.07) is 18.9. The normalized spacial score (nSPS) is 16.2. The number of nitrogens with one attached hydrogen (secondary N) is 1. The summed E-state index contributed by atoms with van der Waals surface area (Å²) in [6.45, 7) is 2.67. The Bertz CT molecular complexity index is 997. The van der Waals surface area contributed by atoms with Gasteiger partial charge in [0.25, 0.3) is 5.91 Å². The first kappa shape index (κ1) is 21.1. The maximum Gasteiger partial charge on any atom is 0.259 e. The number of piperidine rings is 1. The van der Waals surface area contributed by atoms with E-state index >= 15 is 0 Å². The number of carbonyl (C=O) groups is 1. The SMILES string of the molecule is CO[C@@H](C(=O)Nc1ccnn1C1CCN(Cc2cccc(O)c2)CC1)c1ccccc1. The molecule has 2 N–H and O–H groups in total. The van der Waals surface area contributed by atoms with E-state index in [1.165, 1.54) is 7.11 Å². The zero-order valence-electron chi connectivity index (χ0n) is 17.6. The lowest BCUT2D eigenvalue weighted by Gasteiger charge is -2.32. The van der Waals surface area contributed by atoms with Crippen LogP contribution < -0.4 is 5.32 Å². The smallest absolute Gasteiger partial charge is 0.259 e. The second-order valence-corrected chi connectivity index (χ2v) is 7.85. The molecule has 1 atom stereocenters. The van der Waals surface area contributed by atoms with E-state index in [0.717, 1.165) is 43.6 Å². The van der Waals surface area contributed by atoms with Gasteiger partial charge in [-0.15, -0.1) is 0 Å². The van der Waals surface area contributed by atoms with Gasteiger partial charge in [0, 0.05) is 32.8 Å². The minimum absolute atomic E-state index is 0.211. The van der Waals surface area contributed by atoms with E-state index in [-0.39, 0.29) is 11.9 Å². The lowest BCUT2D eigenvalue weighted by atomic mass is 10.0. The molecule has 3 aromatic rings. The quantitative estimate of drug-likeness (QED) is 0.609.